The average Bonchev–Trinajstić information content (AvgIpc) is 2.32. The van der Waals surface area contributed by atoms with Gasteiger partial charge in [0.25, 0.3) is 0 Å². The Balaban J connectivity index is 2.42. The van der Waals surface area contributed by atoms with Crippen LogP contribution in [-0.2, 0) is 0 Å². The zero-order valence-electron chi connectivity index (χ0n) is 9.28. The van der Waals surface area contributed by atoms with Crippen molar-refractivity contribution in [2.45, 2.75) is 0 Å². The van der Waals surface area contributed by atoms with Gasteiger partial charge in [0.2, 0.25) is 0 Å². The number of benzene rings is 2. The van der Waals surface area contributed by atoms with Crippen LogP contribution in [-0.4, -0.2) is 4.99 Å². The minimum absolute atomic E-state index is 0.347. The number of para-hydroxylation sites is 1. The van der Waals surface area contributed by atoms with E-state index in [9.17, 15) is 0 Å². The topological polar surface area (TPSA) is 38.0 Å². The van der Waals surface area contributed by atoms with Gasteiger partial charge in [-0.15, -0.1) is 0 Å². The van der Waals surface area contributed by atoms with Crippen molar-refractivity contribution in [1.29, 1.82) is 0 Å². The molecular weight excluding hydrogens is 379 g/mol. The van der Waals surface area contributed by atoms with Crippen LogP contribution in [0.2, 0.25) is 5.02 Å². The van der Waals surface area contributed by atoms with Crippen molar-refractivity contribution in [2.75, 3.05) is 5.32 Å². The number of anilines is 2. The van der Waals surface area contributed by atoms with Gasteiger partial charge in [-0.25, -0.2) is 0 Å². The second kappa shape index (κ2) is 5.86. The largest absolute Gasteiger partial charge is 0.389 e. The highest BCUT2D eigenvalue weighted by Crippen LogP contribution is 2.27. The molecule has 0 atom stereocenters. The Morgan fingerprint density at radius 2 is 1.89 bits per heavy atom. The molecule has 0 bridgehead atoms. The standard InChI is InChI=1S/C13H10ClIN2S/c14-8-5-6-9(13(16)18)12(7-8)17-11-4-2-1-3-10(11)15/h1-7,17H,(H2,16,18). The van der Waals surface area contributed by atoms with E-state index in [0.29, 0.717) is 10.0 Å². The quantitative estimate of drug-likeness (QED) is 0.607. The van der Waals surface area contributed by atoms with Crippen molar-refractivity contribution in [3.05, 3.63) is 56.6 Å². The maximum absolute atomic E-state index is 6.00. The Bertz CT molecular complexity index is 601. The number of hydrogen-bond donors (Lipinski definition) is 2. The molecule has 0 aliphatic heterocycles. The molecule has 18 heavy (non-hydrogen) atoms. The summed E-state index contributed by atoms with van der Waals surface area (Å²) in [5.41, 5.74) is 8.31. The third kappa shape index (κ3) is 3.13. The summed E-state index contributed by atoms with van der Waals surface area (Å²) in [6, 6.07) is 13.4. The maximum Gasteiger partial charge on any atom is 0.106 e. The first-order valence-electron chi connectivity index (χ1n) is 5.19. The predicted molar refractivity (Wildman–Crippen MR) is 89.8 cm³/mol. The molecule has 2 aromatic carbocycles. The highest BCUT2D eigenvalue weighted by Gasteiger charge is 2.07. The smallest absolute Gasteiger partial charge is 0.106 e. The maximum atomic E-state index is 6.00. The molecule has 3 N–H and O–H groups in total. The van der Waals surface area contributed by atoms with E-state index in [1.54, 1.807) is 6.07 Å². The fraction of sp³-hybridized carbons (Fsp3) is 0. The average molecular weight is 389 g/mol. The summed E-state index contributed by atoms with van der Waals surface area (Å²) in [6.45, 7) is 0. The molecule has 5 heteroatoms. The number of nitrogens with two attached hydrogens (primary N) is 1. The molecule has 0 spiro atoms. The molecule has 0 fully saturated rings. The van der Waals surface area contributed by atoms with Crippen LogP contribution in [0.25, 0.3) is 0 Å². The van der Waals surface area contributed by atoms with Gasteiger partial charge in [0.1, 0.15) is 4.99 Å². The molecule has 2 rings (SSSR count). The third-order valence-corrected chi connectivity index (χ3v) is 3.79. The highest BCUT2D eigenvalue weighted by atomic mass is 127. The minimum atomic E-state index is 0.347. The molecule has 2 nitrogen and oxygen atoms in total. The van der Waals surface area contributed by atoms with Gasteiger partial charge in [-0.05, 0) is 52.9 Å². The SMILES string of the molecule is NC(=S)c1ccc(Cl)cc1Nc1ccccc1I. The molecule has 0 saturated carbocycles. The number of halogens is 2. The van der Waals surface area contributed by atoms with Crippen molar-refractivity contribution in [3.8, 4) is 0 Å². The number of nitrogens with one attached hydrogen (secondary N) is 1. The molecule has 0 amide bonds. The normalized spacial score (nSPS) is 10.1. The van der Waals surface area contributed by atoms with E-state index in [-0.39, 0.29) is 0 Å². The van der Waals surface area contributed by atoms with Gasteiger partial charge in [-0.2, -0.15) is 0 Å². The first kappa shape index (κ1) is 13.6. The lowest BCUT2D eigenvalue weighted by Gasteiger charge is -2.13. The van der Waals surface area contributed by atoms with E-state index in [4.69, 9.17) is 29.6 Å². The Labute approximate surface area is 130 Å². The van der Waals surface area contributed by atoms with Gasteiger partial charge in [-0.3, -0.25) is 0 Å². The predicted octanol–water partition coefficient (Wildman–Crippen LogP) is 4.32. The van der Waals surface area contributed by atoms with Crippen LogP contribution in [0.15, 0.2) is 42.5 Å². The van der Waals surface area contributed by atoms with Crippen LogP contribution >= 0.6 is 46.4 Å². The van der Waals surface area contributed by atoms with E-state index in [0.717, 1.165) is 20.5 Å². The Morgan fingerprint density at radius 1 is 1.17 bits per heavy atom. The molecule has 0 aliphatic rings. The lowest BCUT2D eigenvalue weighted by Crippen LogP contribution is -2.12. The summed E-state index contributed by atoms with van der Waals surface area (Å²) in [6.07, 6.45) is 0. The number of thiocarbonyl (C=S) groups is 1. The third-order valence-electron chi connectivity index (χ3n) is 2.39. The molecule has 92 valence electrons. The monoisotopic (exact) mass is 388 g/mol. The van der Waals surface area contributed by atoms with Gasteiger partial charge in [0.05, 0.1) is 11.4 Å². The zero-order valence-corrected chi connectivity index (χ0v) is 13.0. The molecular formula is C13H10ClIN2S. The van der Waals surface area contributed by atoms with E-state index in [1.807, 2.05) is 36.4 Å². The van der Waals surface area contributed by atoms with Crippen LogP contribution in [0.3, 0.4) is 0 Å². The number of rotatable bonds is 3. The second-order valence-electron chi connectivity index (χ2n) is 3.66. The summed E-state index contributed by atoms with van der Waals surface area (Å²) in [4.78, 5) is 0.347. The van der Waals surface area contributed by atoms with Gasteiger partial charge in [0.15, 0.2) is 0 Å². The van der Waals surface area contributed by atoms with Crippen molar-refractivity contribution in [1.82, 2.24) is 0 Å². The minimum Gasteiger partial charge on any atom is -0.389 e. The molecule has 0 radical (unpaired) electrons. The molecule has 0 saturated heterocycles. The summed E-state index contributed by atoms with van der Waals surface area (Å²) >= 11 is 13.3. The zero-order chi connectivity index (χ0) is 13.1. The van der Waals surface area contributed by atoms with E-state index < -0.39 is 0 Å². The van der Waals surface area contributed by atoms with Gasteiger partial charge in [0, 0.05) is 14.2 Å². The van der Waals surface area contributed by atoms with E-state index >= 15 is 0 Å². The fourth-order valence-electron chi connectivity index (χ4n) is 1.54. The highest BCUT2D eigenvalue weighted by molar-refractivity contribution is 14.1. The molecule has 0 heterocycles. The fourth-order valence-corrected chi connectivity index (χ4v) is 2.41. The van der Waals surface area contributed by atoms with Crippen LogP contribution in [0, 0.1) is 3.57 Å². The Hall–Kier alpha value is -0.850. The van der Waals surface area contributed by atoms with Gasteiger partial charge < -0.3 is 11.1 Å². The van der Waals surface area contributed by atoms with E-state index in [1.165, 1.54) is 0 Å². The molecule has 0 aliphatic carbocycles. The molecule has 0 unspecified atom stereocenters. The van der Waals surface area contributed by atoms with Crippen molar-refractivity contribution in [2.24, 2.45) is 5.73 Å². The first-order valence-corrected chi connectivity index (χ1v) is 7.05. The number of hydrogen-bond acceptors (Lipinski definition) is 2. The van der Waals surface area contributed by atoms with Gasteiger partial charge in [-0.1, -0.05) is 36.0 Å². The summed E-state index contributed by atoms with van der Waals surface area (Å²) in [7, 11) is 0. The molecule has 0 aromatic heterocycles. The second-order valence-corrected chi connectivity index (χ2v) is 5.70. The van der Waals surface area contributed by atoms with Crippen LogP contribution in [0.5, 0.6) is 0 Å². The molecule has 2 aromatic rings. The first-order chi connectivity index (χ1) is 8.58. The summed E-state index contributed by atoms with van der Waals surface area (Å²) < 4.78 is 1.11. The Morgan fingerprint density at radius 3 is 2.56 bits per heavy atom. The van der Waals surface area contributed by atoms with Crippen LogP contribution in [0.1, 0.15) is 5.56 Å². The van der Waals surface area contributed by atoms with Crippen LogP contribution in [0.4, 0.5) is 11.4 Å². The van der Waals surface area contributed by atoms with Gasteiger partial charge >= 0.3 is 0 Å². The van der Waals surface area contributed by atoms with Crippen molar-refractivity contribution in [3.63, 3.8) is 0 Å². The van der Waals surface area contributed by atoms with E-state index in [2.05, 4.69) is 27.9 Å². The summed E-state index contributed by atoms with van der Waals surface area (Å²) in [5, 5.41) is 3.95. The van der Waals surface area contributed by atoms with Crippen LogP contribution < -0.4 is 11.1 Å². The summed E-state index contributed by atoms with van der Waals surface area (Å²) in [5.74, 6) is 0. The lowest BCUT2D eigenvalue weighted by atomic mass is 10.1. The lowest BCUT2D eigenvalue weighted by molar-refractivity contribution is 1.50. The Kier molecular flexibility index (Phi) is 4.42. The van der Waals surface area contributed by atoms with Crippen molar-refractivity contribution < 1.29 is 0 Å². The van der Waals surface area contributed by atoms with Crippen molar-refractivity contribution >= 4 is 62.8 Å².